The Morgan fingerprint density at radius 3 is 2.90 bits per heavy atom. The van der Waals surface area contributed by atoms with Gasteiger partial charge in [-0.15, -0.1) is 0 Å². The zero-order chi connectivity index (χ0) is 15.0. The molecular formula is C14H15ClFNO3S. The monoisotopic (exact) mass is 331 g/mol. The maximum absolute atomic E-state index is 13.4. The van der Waals surface area contributed by atoms with E-state index in [-0.39, 0.29) is 11.0 Å². The van der Waals surface area contributed by atoms with Crippen LogP contribution < -0.4 is 0 Å². The highest BCUT2D eigenvalue weighted by molar-refractivity contribution is 8.14. The number of benzene rings is 1. The molecule has 1 aromatic heterocycles. The number of fused-ring (bicyclic) bond motifs is 1. The van der Waals surface area contributed by atoms with Crippen molar-refractivity contribution in [1.29, 1.82) is 0 Å². The van der Waals surface area contributed by atoms with E-state index < -0.39 is 14.9 Å². The van der Waals surface area contributed by atoms with Gasteiger partial charge >= 0.3 is 0 Å². The van der Waals surface area contributed by atoms with Crippen LogP contribution in [0.25, 0.3) is 10.9 Å². The molecule has 3 rings (SSSR count). The van der Waals surface area contributed by atoms with E-state index in [0.717, 1.165) is 25.9 Å². The molecule has 4 nitrogen and oxygen atoms in total. The Kier molecular flexibility index (Phi) is 3.94. The highest BCUT2D eigenvalue weighted by atomic mass is 35.7. The largest absolute Gasteiger partial charge is 0.378 e. The lowest BCUT2D eigenvalue weighted by molar-refractivity contribution is 0.101. The van der Waals surface area contributed by atoms with E-state index in [4.69, 9.17) is 15.4 Å². The van der Waals surface area contributed by atoms with Crippen LogP contribution in [-0.2, 0) is 20.3 Å². The van der Waals surface area contributed by atoms with E-state index in [1.165, 1.54) is 18.3 Å². The Hall–Kier alpha value is -1.11. The summed E-state index contributed by atoms with van der Waals surface area (Å²) < 4.78 is 44.0. The van der Waals surface area contributed by atoms with Crippen LogP contribution in [0, 0.1) is 5.82 Å². The average Bonchev–Trinajstić information content (AvgIpc) is 3.02. The van der Waals surface area contributed by atoms with Crippen molar-refractivity contribution in [3.8, 4) is 0 Å². The molecule has 1 fully saturated rings. The zero-order valence-electron chi connectivity index (χ0n) is 11.3. The van der Waals surface area contributed by atoms with Crippen molar-refractivity contribution < 1.29 is 17.5 Å². The van der Waals surface area contributed by atoms with Crippen LogP contribution in [0.5, 0.6) is 0 Å². The van der Waals surface area contributed by atoms with Gasteiger partial charge in [0.2, 0.25) is 0 Å². The number of halogens is 2. The van der Waals surface area contributed by atoms with Gasteiger partial charge in [0.25, 0.3) is 9.05 Å². The van der Waals surface area contributed by atoms with Crippen molar-refractivity contribution in [2.45, 2.75) is 36.8 Å². The highest BCUT2D eigenvalue weighted by Crippen LogP contribution is 2.29. The molecule has 0 N–H and O–H groups in total. The molecular weight excluding hydrogens is 317 g/mol. The van der Waals surface area contributed by atoms with Gasteiger partial charge in [0, 0.05) is 40.9 Å². The van der Waals surface area contributed by atoms with E-state index in [9.17, 15) is 12.8 Å². The van der Waals surface area contributed by atoms with Crippen LogP contribution >= 0.6 is 10.7 Å². The fourth-order valence-electron chi connectivity index (χ4n) is 2.77. The van der Waals surface area contributed by atoms with Gasteiger partial charge in [-0.05, 0) is 37.5 Å². The van der Waals surface area contributed by atoms with Crippen LogP contribution in [0.1, 0.15) is 19.3 Å². The van der Waals surface area contributed by atoms with Gasteiger partial charge in [-0.1, -0.05) is 0 Å². The molecule has 1 unspecified atom stereocenters. The van der Waals surface area contributed by atoms with Crippen molar-refractivity contribution in [1.82, 2.24) is 4.57 Å². The molecule has 0 amide bonds. The summed E-state index contributed by atoms with van der Waals surface area (Å²) in [5.41, 5.74) is 0.661. The summed E-state index contributed by atoms with van der Waals surface area (Å²) in [5.74, 6) is -0.485. The van der Waals surface area contributed by atoms with E-state index in [1.807, 2.05) is 0 Å². The number of aromatic nitrogens is 1. The molecule has 114 valence electrons. The summed E-state index contributed by atoms with van der Waals surface area (Å²) in [6.45, 7) is 1.39. The van der Waals surface area contributed by atoms with Crippen molar-refractivity contribution in [3.05, 3.63) is 30.2 Å². The lowest BCUT2D eigenvalue weighted by Crippen LogP contribution is -2.09. The fourth-order valence-corrected chi connectivity index (χ4v) is 3.82. The minimum Gasteiger partial charge on any atom is -0.378 e. The first-order valence-electron chi connectivity index (χ1n) is 6.80. The second kappa shape index (κ2) is 5.59. The van der Waals surface area contributed by atoms with Gasteiger partial charge in [0.15, 0.2) is 0 Å². The van der Waals surface area contributed by atoms with Crippen molar-refractivity contribution in [2.75, 3.05) is 6.61 Å². The van der Waals surface area contributed by atoms with Crippen molar-refractivity contribution in [3.63, 3.8) is 0 Å². The molecule has 0 radical (unpaired) electrons. The number of ether oxygens (including phenoxy) is 1. The molecule has 0 spiro atoms. The Balaban J connectivity index is 1.98. The number of hydrogen-bond acceptors (Lipinski definition) is 3. The third kappa shape index (κ3) is 3.07. The Bertz CT molecular complexity index is 766. The Labute approximate surface area is 126 Å². The van der Waals surface area contributed by atoms with E-state index in [2.05, 4.69) is 0 Å². The van der Waals surface area contributed by atoms with E-state index in [0.29, 0.717) is 17.4 Å². The molecule has 2 heterocycles. The maximum Gasteiger partial charge on any atom is 0.263 e. The summed E-state index contributed by atoms with van der Waals surface area (Å²) in [6.07, 6.45) is 4.56. The minimum atomic E-state index is -3.91. The first kappa shape index (κ1) is 14.8. The maximum atomic E-state index is 13.4. The lowest BCUT2D eigenvalue weighted by atomic mass is 10.2. The number of hydrogen-bond donors (Lipinski definition) is 0. The SMILES string of the molecule is O=S(=O)(Cl)c1cn(CCC2CCCO2)c2ccc(F)cc12. The molecule has 0 aliphatic carbocycles. The topological polar surface area (TPSA) is 48.3 Å². The van der Waals surface area contributed by atoms with Crippen LogP contribution in [0.3, 0.4) is 0 Å². The van der Waals surface area contributed by atoms with Crippen LogP contribution in [0.4, 0.5) is 4.39 Å². The summed E-state index contributed by atoms with van der Waals surface area (Å²) >= 11 is 0. The fraction of sp³-hybridized carbons (Fsp3) is 0.429. The number of nitrogens with zero attached hydrogens (tertiary/aromatic N) is 1. The third-order valence-electron chi connectivity index (χ3n) is 3.79. The molecule has 21 heavy (non-hydrogen) atoms. The average molecular weight is 332 g/mol. The number of rotatable bonds is 4. The van der Waals surface area contributed by atoms with E-state index in [1.54, 1.807) is 10.6 Å². The summed E-state index contributed by atoms with van der Waals surface area (Å²) in [4.78, 5) is -0.0500. The normalized spacial score (nSPS) is 19.4. The predicted molar refractivity (Wildman–Crippen MR) is 78.5 cm³/mol. The van der Waals surface area contributed by atoms with Gasteiger partial charge in [0.1, 0.15) is 10.7 Å². The zero-order valence-corrected chi connectivity index (χ0v) is 12.8. The van der Waals surface area contributed by atoms with Crippen LogP contribution in [0.15, 0.2) is 29.3 Å². The molecule has 1 aliphatic heterocycles. The molecule has 0 bridgehead atoms. The molecule has 2 aromatic rings. The quantitative estimate of drug-likeness (QED) is 0.808. The van der Waals surface area contributed by atoms with Crippen molar-refractivity contribution >= 4 is 30.6 Å². The lowest BCUT2D eigenvalue weighted by Gasteiger charge is -2.10. The van der Waals surface area contributed by atoms with Crippen LogP contribution in [0.2, 0.25) is 0 Å². The molecule has 7 heteroatoms. The Morgan fingerprint density at radius 1 is 1.43 bits per heavy atom. The summed E-state index contributed by atoms with van der Waals surface area (Å²) in [6, 6.07) is 4.09. The van der Waals surface area contributed by atoms with Crippen molar-refractivity contribution in [2.24, 2.45) is 0 Å². The predicted octanol–water partition coefficient (Wildman–Crippen LogP) is 3.28. The van der Waals surface area contributed by atoms with Gasteiger partial charge in [-0.3, -0.25) is 0 Å². The summed E-state index contributed by atoms with van der Waals surface area (Å²) in [7, 11) is 1.53. The van der Waals surface area contributed by atoms with Gasteiger partial charge < -0.3 is 9.30 Å². The second-order valence-electron chi connectivity index (χ2n) is 5.21. The smallest absolute Gasteiger partial charge is 0.263 e. The van der Waals surface area contributed by atoms with Crippen LogP contribution in [-0.4, -0.2) is 25.7 Å². The molecule has 1 saturated heterocycles. The van der Waals surface area contributed by atoms with E-state index >= 15 is 0 Å². The second-order valence-corrected chi connectivity index (χ2v) is 7.74. The Morgan fingerprint density at radius 2 is 2.24 bits per heavy atom. The molecule has 1 aromatic carbocycles. The molecule has 1 atom stereocenters. The summed E-state index contributed by atoms with van der Waals surface area (Å²) in [5, 5.41) is 0.317. The highest BCUT2D eigenvalue weighted by Gasteiger charge is 2.21. The van der Waals surface area contributed by atoms with Gasteiger partial charge in [0.05, 0.1) is 6.10 Å². The third-order valence-corrected chi connectivity index (χ3v) is 5.13. The van der Waals surface area contributed by atoms with Gasteiger partial charge in [-0.2, -0.15) is 0 Å². The molecule has 0 saturated carbocycles. The van der Waals surface area contributed by atoms with Gasteiger partial charge in [-0.25, -0.2) is 12.8 Å². The minimum absolute atomic E-state index is 0.0500. The first-order valence-corrected chi connectivity index (χ1v) is 9.11. The number of aryl methyl sites for hydroxylation is 1. The molecule has 1 aliphatic rings. The standard InChI is InChI=1S/C14H15ClFNO3S/c15-21(18,19)14-9-17(6-5-11-2-1-7-20-11)13-4-3-10(16)8-12(13)14/h3-4,8-9,11H,1-2,5-7H2. The first-order chi connectivity index (χ1) is 9.95.